The normalized spacial score (nSPS) is 14.8. The molecule has 18 heavy (non-hydrogen) atoms. The van der Waals surface area contributed by atoms with Gasteiger partial charge in [0.15, 0.2) is 6.10 Å². The van der Waals surface area contributed by atoms with Crippen LogP contribution in [0.1, 0.15) is 6.42 Å². The van der Waals surface area contributed by atoms with Crippen LogP contribution in [-0.4, -0.2) is 65.9 Å². The molecule has 0 spiro atoms. The molecule has 12 heteroatoms. The molecule has 6 N–H and O–H groups in total. The maximum absolute atomic E-state index is 10.7. The fourth-order valence-electron chi connectivity index (χ4n) is 1.14. The van der Waals surface area contributed by atoms with Crippen molar-refractivity contribution in [1.29, 1.82) is 0 Å². The molecule has 1 atom stereocenters. The molecule has 0 heterocycles. The molecule has 0 fully saturated rings. The predicted octanol–water partition coefficient (Wildman–Crippen LogP) is -1.61. The molecule has 0 rings (SSSR count). The van der Waals surface area contributed by atoms with Crippen LogP contribution in [0.25, 0.3) is 0 Å². The number of hydrogen-bond acceptors (Lipinski definition) is 5. The molecule has 0 aromatic carbocycles. The Labute approximate surface area is 102 Å². The Bertz CT molecular complexity index is 349. The SMILES string of the molecule is O=C(O)C(O)CCN(CP(=O)(O)O)CP(=O)(O)O. The number of nitrogens with zero attached hydrogens (tertiary/aromatic N) is 1. The zero-order valence-electron chi connectivity index (χ0n) is 9.16. The van der Waals surface area contributed by atoms with Crippen molar-refractivity contribution in [3.05, 3.63) is 0 Å². The molecule has 0 aliphatic heterocycles. The molecule has 108 valence electrons. The molecule has 1 unspecified atom stereocenters. The first kappa shape index (κ1) is 17.7. The summed E-state index contributed by atoms with van der Waals surface area (Å²) in [7, 11) is -9.08. The van der Waals surface area contributed by atoms with Gasteiger partial charge in [-0.05, 0) is 6.42 Å². The van der Waals surface area contributed by atoms with Crippen molar-refractivity contribution in [2.75, 3.05) is 19.1 Å². The minimum Gasteiger partial charge on any atom is -0.479 e. The van der Waals surface area contributed by atoms with E-state index in [0.717, 1.165) is 0 Å². The summed E-state index contributed by atoms with van der Waals surface area (Å²) in [5, 5.41) is 17.3. The highest BCUT2D eigenvalue weighted by atomic mass is 31.2. The molecular formula is C6H15NO9P2. The van der Waals surface area contributed by atoms with Gasteiger partial charge in [-0.1, -0.05) is 0 Å². The summed E-state index contributed by atoms with van der Waals surface area (Å²) in [5.74, 6) is -1.53. The third kappa shape index (κ3) is 9.69. The third-order valence-corrected chi connectivity index (χ3v) is 3.31. The summed E-state index contributed by atoms with van der Waals surface area (Å²) >= 11 is 0. The Balaban J connectivity index is 4.53. The summed E-state index contributed by atoms with van der Waals surface area (Å²) in [6, 6.07) is 0. The van der Waals surface area contributed by atoms with Gasteiger partial charge in [-0.25, -0.2) is 4.79 Å². The first-order valence-corrected chi connectivity index (χ1v) is 8.22. The van der Waals surface area contributed by atoms with E-state index in [1.165, 1.54) is 0 Å². The van der Waals surface area contributed by atoms with Gasteiger partial charge in [0.1, 0.15) is 12.6 Å². The van der Waals surface area contributed by atoms with Gasteiger partial charge in [-0.15, -0.1) is 0 Å². The number of carbonyl (C=O) groups is 1. The Morgan fingerprint density at radius 2 is 1.44 bits per heavy atom. The number of rotatable bonds is 8. The van der Waals surface area contributed by atoms with E-state index in [2.05, 4.69) is 0 Å². The second kappa shape index (κ2) is 6.74. The van der Waals surface area contributed by atoms with Gasteiger partial charge in [-0.3, -0.25) is 14.0 Å². The van der Waals surface area contributed by atoms with Crippen molar-refractivity contribution in [2.45, 2.75) is 12.5 Å². The molecule has 0 aliphatic rings. The second-order valence-corrected chi connectivity index (χ2v) is 6.87. The van der Waals surface area contributed by atoms with Gasteiger partial charge >= 0.3 is 21.2 Å². The van der Waals surface area contributed by atoms with Crippen molar-refractivity contribution in [2.24, 2.45) is 0 Å². The van der Waals surface area contributed by atoms with Gasteiger partial charge < -0.3 is 29.8 Å². The maximum Gasteiger partial charge on any atom is 0.339 e. The van der Waals surface area contributed by atoms with E-state index in [1.54, 1.807) is 0 Å². The van der Waals surface area contributed by atoms with E-state index in [-0.39, 0.29) is 6.54 Å². The van der Waals surface area contributed by atoms with E-state index < -0.39 is 46.3 Å². The molecule has 0 saturated carbocycles. The van der Waals surface area contributed by atoms with Crippen LogP contribution < -0.4 is 0 Å². The Kier molecular flexibility index (Phi) is 6.62. The van der Waals surface area contributed by atoms with Crippen LogP contribution in [0.2, 0.25) is 0 Å². The number of carboxylic acids is 1. The standard InChI is InChI=1S/C6H15NO9P2/c8-5(6(9)10)1-2-7(3-17(11,12)13)4-18(14,15)16/h5,8H,1-4H2,(H,9,10)(H2,11,12,13)(H2,14,15,16). The molecule has 0 aliphatic carbocycles. The van der Waals surface area contributed by atoms with Crippen LogP contribution in [0.5, 0.6) is 0 Å². The van der Waals surface area contributed by atoms with Gasteiger partial charge in [-0.2, -0.15) is 0 Å². The van der Waals surface area contributed by atoms with Gasteiger partial charge in [0.2, 0.25) is 0 Å². The van der Waals surface area contributed by atoms with E-state index in [1.807, 2.05) is 0 Å². The van der Waals surface area contributed by atoms with Gasteiger partial charge in [0.25, 0.3) is 0 Å². The number of aliphatic carboxylic acids is 1. The summed E-state index contributed by atoms with van der Waals surface area (Å²) < 4.78 is 21.5. The van der Waals surface area contributed by atoms with Crippen molar-refractivity contribution in [3.63, 3.8) is 0 Å². The van der Waals surface area contributed by atoms with E-state index >= 15 is 0 Å². The molecule has 0 aromatic rings. The van der Waals surface area contributed by atoms with Crippen molar-refractivity contribution >= 4 is 21.2 Å². The zero-order valence-corrected chi connectivity index (χ0v) is 10.9. The van der Waals surface area contributed by atoms with Crippen LogP contribution in [-0.2, 0) is 13.9 Å². The molecule has 0 amide bonds. The van der Waals surface area contributed by atoms with E-state index in [0.29, 0.717) is 4.90 Å². The number of aliphatic hydroxyl groups is 1. The minimum atomic E-state index is -4.54. The van der Waals surface area contributed by atoms with E-state index in [4.69, 9.17) is 29.8 Å². The lowest BCUT2D eigenvalue weighted by Crippen LogP contribution is -2.31. The van der Waals surface area contributed by atoms with Crippen molar-refractivity contribution < 1.29 is 43.7 Å². The van der Waals surface area contributed by atoms with Crippen LogP contribution in [0.4, 0.5) is 0 Å². The largest absolute Gasteiger partial charge is 0.479 e. The zero-order chi connectivity index (χ0) is 14.6. The Morgan fingerprint density at radius 3 is 1.72 bits per heavy atom. The predicted molar refractivity (Wildman–Crippen MR) is 58.8 cm³/mol. The van der Waals surface area contributed by atoms with Crippen LogP contribution in [0, 0.1) is 0 Å². The summed E-state index contributed by atoms with van der Waals surface area (Å²) in [6.45, 7) is -0.371. The minimum absolute atomic E-state index is 0.371. The maximum atomic E-state index is 10.7. The average Bonchev–Trinajstić information content (AvgIpc) is 2.08. The molecular weight excluding hydrogens is 292 g/mol. The Hall–Kier alpha value is -0.310. The lowest BCUT2D eigenvalue weighted by Gasteiger charge is -2.23. The first-order chi connectivity index (χ1) is 7.91. The van der Waals surface area contributed by atoms with Gasteiger partial charge in [0, 0.05) is 6.54 Å². The topological polar surface area (TPSA) is 176 Å². The van der Waals surface area contributed by atoms with Crippen LogP contribution in [0.3, 0.4) is 0 Å². The molecule has 0 saturated heterocycles. The lowest BCUT2D eigenvalue weighted by atomic mass is 10.2. The molecule has 10 nitrogen and oxygen atoms in total. The smallest absolute Gasteiger partial charge is 0.339 e. The number of hydrogen-bond donors (Lipinski definition) is 6. The highest BCUT2D eigenvalue weighted by Crippen LogP contribution is 2.40. The fourth-order valence-corrected chi connectivity index (χ4v) is 2.82. The highest BCUT2D eigenvalue weighted by Gasteiger charge is 2.26. The lowest BCUT2D eigenvalue weighted by molar-refractivity contribution is -0.147. The van der Waals surface area contributed by atoms with Crippen LogP contribution in [0.15, 0.2) is 0 Å². The van der Waals surface area contributed by atoms with E-state index in [9.17, 15) is 13.9 Å². The second-order valence-electron chi connectivity index (χ2n) is 3.65. The monoisotopic (exact) mass is 307 g/mol. The molecule has 0 aromatic heterocycles. The van der Waals surface area contributed by atoms with Crippen molar-refractivity contribution in [3.8, 4) is 0 Å². The number of aliphatic hydroxyl groups excluding tert-OH is 1. The first-order valence-electron chi connectivity index (χ1n) is 4.63. The average molecular weight is 307 g/mol. The quantitative estimate of drug-likeness (QED) is 0.286. The summed E-state index contributed by atoms with van der Waals surface area (Å²) in [4.78, 5) is 45.8. The van der Waals surface area contributed by atoms with Crippen molar-refractivity contribution in [1.82, 2.24) is 4.90 Å². The van der Waals surface area contributed by atoms with Gasteiger partial charge in [0.05, 0.1) is 0 Å². The number of carboxylic acid groups (broad SMARTS) is 1. The Morgan fingerprint density at radius 1 is 1.06 bits per heavy atom. The highest BCUT2D eigenvalue weighted by molar-refractivity contribution is 7.52. The molecule has 0 bridgehead atoms. The summed E-state index contributed by atoms with van der Waals surface area (Å²) in [6.07, 6.45) is -4.02. The third-order valence-electron chi connectivity index (χ3n) is 1.77. The summed E-state index contributed by atoms with van der Waals surface area (Å²) in [5.41, 5.74) is 0. The van der Waals surface area contributed by atoms with Crippen LogP contribution >= 0.6 is 15.2 Å². The fraction of sp³-hybridized carbons (Fsp3) is 0.833. The molecule has 0 radical (unpaired) electrons.